The summed E-state index contributed by atoms with van der Waals surface area (Å²) in [6.07, 6.45) is 4.09. The predicted octanol–water partition coefficient (Wildman–Crippen LogP) is 3.11. The summed E-state index contributed by atoms with van der Waals surface area (Å²) >= 11 is 0. The Morgan fingerprint density at radius 3 is 2.64 bits per heavy atom. The molecule has 0 spiro atoms. The van der Waals surface area contributed by atoms with Crippen molar-refractivity contribution in [1.82, 2.24) is 0 Å². The molecule has 1 aliphatic rings. The summed E-state index contributed by atoms with van der Waals surface area (Å²) in [7, 11) is -1.11. The van der Waals surface area contributed by atoms with Gasteiger partial charge in [0.1, 0.15) is 0 Å². The molecule has 3 heteroatoms. The fourth-order valence-corrected chi connectivity index (χ4v) is 9.42. The zero-order chi connectivity index (χ0) is 10.7. The second kappa shape index (κ2) is 4.95. The predicted molar refractivity (Wildman–Crippen MR) is 69.3 cm³/mol. The van der Waals surface area contributed by atoms with Gasteiger partial charge < -0.3 is 4.43 Å². The third kappa shape index (κ3) is 2.70. The van der Waals surface area contributed by atoms with Crippen LogP contribution in [0.5, 0.6) is 0 Å². The largest absolute Gasteiger partial charge is 0.422 e. The minimum absolute atomic E-state index is 0.188. The lowest BCUT2D eigenvalue weighted by atomic mass is 10.4. The molecule has 1 unspecified atom stereocenters. The van der Waals surface area contributed by atoms with Gasteiger partial charge in [0.25, 0.3) is 0 Å². The van der Waals surface area contributed by atoms with E-state index in [1.54, 1.807) is 0 Å². The minimum Gasteiger partial charge on any atom is -0.422 e. The van der Waals surface area contributed by atoms with Gasteiger partial charge in [-0.1, -0.05) is 45.7 Å². The average molecular weight is 230 g/mol. The summed E-state index contributed by atoms with van der Waals surface area (Å²) in [6, 6.07) is 4.31. The summed E-state index contributed by atoms with van der Waals surface area (Å²) in [5, 5.41) is 0.406. The molecule has 84 valence electrons. The zero-order valence-electron chi connectivity index (χ0n) is 10.4. The summed E-state index contributed by atoms with van der Waals surface area (Å²) < 4.78 is 6.19. The molecule has 1 fully saturated rings. The molecule has 1 saturated heterocycles. The van der Waals surface area contributed by atoms with Crippen molar-refractivity contribution in [2.24, 2.45) is 0 Å². The Labute approximate surface area is 92.6 Å². The number of unbranched alkanes of at least 4 members (excludes halogenated alkanes) is 1. The van der Waals surface area contributed by atoms with E-state index < -0.39 is 8.07 Å². The summed E-state index contributed by atoms with van der Waals surface area (Å²) in [5.74, 6) is 0. The van der Waals surface area contributed by atoms with Crippen LogP contribution in [0.25, 0.3) is 0 Å². The first-order valence-electron chi connectivity index (χ1n) is 6.22. The average Bonchev–Trinajstić information content (AvgIpc) is 2.67. The molecule has 0 aromatic heterocycles. The maximum absolute atomic E-state index is 6.19. The Morgan fingerprint density at radius 1 is 1.36 bits per heavy atom. The lowest BCUT2D eigenvalue weighted by Gasteiger charge is -2.18. The SMILES string of the molecule is CCCC[Si]1(C)C[C@@]1(C)O[SiH2]CCC. The van der Waals surface area contributed by atoms with Crippen LogP contribution >= 0.6 is 0 Å². The second-order valence-corrected chi connectivity index (χ2v) is 11.7. The molecular weight excluding hydrogens is 204 g/mol. The Bertz CT molecular complexity index is 186. The van der Waals surface area contributed by atoms with Crippen LogP contribution in [0.2, 0.25) is 24.7 Å². The van der Waals surface area contributed by atoms with Crippen molar-refractivity contribution in [3.05, 3.63) is 0 Å². The van der Waals surface area contributed by atoms with Gasteiger partial charge in [-0.3, -0.25) is 0 Å². The highest BCUT2D eigenvalue weighted by Gasteiger charge is 2.62. The highest BCUT2D eigenvalue weighted by Crippen LogP contribution is 2.52. The summed E-state index contributed by atoms with van der Waals surface area (Å²) in [4.78, 5) is 0. The molecule has 2 atom stereocenters. The molecule has 0 saturated carbocycles. The second-order valence-electron chi connectivity index (χ2n) is 5.27. The van der Waals surface area contributed by atoms with Gasteiger partial charge in [-0.25, -0.2) is 0 Å². The van der Waals surface area contributed by atoms with E-state index in [9.17, 15) is 0 Å². The van der Waals surface area contributed by atoms with Crippen molar-refractivity contribution < 1.29 is 4.43 Å². The Morgan fingerprint density at radius 2 is 2.07 bits per heavy atom. The molecule has 0 amide bonds. The normalized spacial score (nSPS) is 36.9. The minimum atomic E-state index is -0.919. The van der Waals surface area contributed by atoms with Gasteiger partial charge in [0, 0.05) is 5.22 Å². The van der Waals surface area contributed by atoms with Crippen molar-refractivity contribution in [3.8, 4) is 0 Å². The maximum Gasteiger partial charge on any atom is 0.161 e. The molecule has 0 aromatic rings. The number of rotatable bonds is 7. The van der Waals surface area contributed by atoms with Crippen molar-refractivity contribution in [1.29, 1.82) is 0 Å². The highest BCUT2D eigenvalue weighted by atomic mass is 28.3. The van der Waals surface area contributed by atoms with E-state index in [4.69, 9.17) is 4.43 Å². The van der Waals surface area contributed by atoms with Gasteiger partial charge >= 0.3 is 0 Å². The maximum atomic E-state index is 6.19. The van der Waals surface area contributed by atoms with Crippen molar-refractivity contribution in [2.45, 2.75) is 69.9 Å². The summed E-state index contributed by atoms with van der Waals surface area (Å²) in [5.41, 5.74) is 0. The smallest absolute Gasteiger partial charge is 0.161 e. The van der Waals surface area contributed by atoms with Crippen LogP contribution < -0.4 is 0 Å². The molecule has 1 rings (SSSR count). The van der Waals surface area contributed by atoms with E-state index in [0.29, 0.717) is 5.22 Å². The molecule has 0 aromatic carbocycles. The summed E-state index contributed by atoms with van der Waals surface area (Å²) in [6.45, 7) is 9.49. The van der Waals surface area contributed by atoms with E-state index in [2.05, 4.69) is 27.3 Å². The Balaban J connectivity index is 2.25. The van der Waals surface area contributed by atoms with E-state index in [1.807, 2.05) is 0 Å². The lowest BCUT2D eigenvalue weighted by molar-refractivity contribution is 0.242. The first kappa shape index (κ1) is 12.5. The molecule has 0 radical (unpaired) electrons. The van der Waals surface area contributed by atoms with Crippen molar-refractivity contribution in [3.63, 3.8) is 0 Å². The van der Waals surface area contributed by atoms with Crippen LogP contribution in [-0.4, -0.2) is 23.1 Å². The van der Waals surface area contributed by atoms with E-state index in [-0.39, 0.29) is 9.76 Å². The van der Waals surface area contributed by atoms with Crippen LogP contribution in [0.15, 0.2) is 0 Å². The van der Waals surface area contributed by atoms with Crippen LogP contribution in [-0.2, 0) is 4.43 Å². The molecule has 1 nitrogen and oxygen atoms in total. The fraction of sp³-hybridized carbons (Fsp3) is 1.00. The van der Waals surface area contributed by atoms with Crippen LogP contribution in [0.3, 0.4) is 0 Å². The third-order valence-corrected chi connectivity index (χ3v) is 11.4. The van der Waals surface area contributed by atoms with Gasteiger partial charge in [0.15, 0.2) is 9.76 Å². The lowest BCUT2D eigenvalue weighted by Crippen LogP contribution is -2.28. The van der Waals surface area contributed by atoms with Crippen molar-refractivity contribution in [2.75, 3.05) is 0 Å². The topological polar surface area (TPSA) is 9.23 Å². The number of hydrogen-bond acceptors (Lipinski definition) is 1. The molecule has 0 N–H and O–H groups in total. The van der Waals surface area contributed by atoms with Gasteiger partial charge in [-0.05, 0) is 19.0 Å². The zero-order valence-corrected chi connectivity index (χ0v) is 12.8. The highest BCUT2D eigenvalue weighted by molar-refractivity contribution is 6.92. The van der Waals surface area contributed by atoms with E-state index >= 15 is 0 Å². The molecule has 1 aliphatic heterocycles. The van der Waals surface area contributed by atoms with E-state index in [1.165, 1.54) is 37.4 Å². The monoisotopic (exact) mass is 230 g/mol. The van der Waals surface area contributed by atoms with Gasteiger partial charge in [-0.2, -0.15) is 0 Å². The first-order valence-corrected chi connectivity index (χ1v) is 10.7. The standard InChI is InChI=1S/C11H26OSi2/c1-5-7-9-14(4)10-11(14,3)12-13-8-6-2/h5-10,13H2,1-4H3/t11-,14?/m0/s1. The quantitative estimate of drug-likeness (QED) is 0.482. The van der Waals surface area contributed by atoms with Crippen LogP contribution in [0.4, 0.5) is 0 Å². The molecule has 0 bridgehead atoms. The van der Waals surface area contributed by atoms with E-state index in [0.717, 1.165) is 0 Å². The van der Waals surface area contributed by atoms with Gasteiger partial charge in [0.05, 0.1) is 8.07 Å². The van der Waals surface area contributed by atoms with Gasteiger partial charge in [-0.15, -0.1) is 0 Å². The Hall–Kier alpha value is 0.394. The number of hydrogen-bond donors (Lipinski definition) is 0. The molecular formula is C11H26OSi2. The van der Waals surface area contributed by atoms with Crippen molar-refractivity contribution >= 4 is 17.8 Å². The first-order chi connectivity index (χ1) is 6.58. The Kier molecular flexibility index (Phi) is 4.40. The molecule has 1 heterocycles. The molecule has 0 aliphatic carbocycles. The third-order valence-electron chi connectivity index (χ3n) is 3.88. The van der Waals surface area contributed by atoms with Gasteiger partial charge in [0.2, 0.25) is 0 Å². The van der Waals surface area contributed by atoms with Crippen LogP contribution in [0, 0.1) is 0 Å². The fourth-order valence-electron chi connectivity index (χ4n) is 2.29. The van der Waals surface area contributed by atoms with Crippen LogP contribution in [0.1, 0.15) is 40.0 Å². The molecule has 14 heavy (non-hydrogen) atoms.